The Morgan fingerprint density at radius 1 is 1.06 bits per heavy atom. The molecule has 0 aromatic rings. The summed E-state index contributed by atoms with van der Waals surface area (Å²) in [5.41, 5.74) is 14.6. The van der Waals surface area contributed by atoms with E-state index in [-0.39, 0.29) is 33.1 Å². The molecule has 1 aliphatic carbocycles. The standard InChI is InChI=1S/C6H12N2.C4H6O4.Pt/c7-5-3-1-2-4-6(5)8;1-2(3(5)6)4(7)8;/h5-8H,1-4H2;2H,1H3,(H,5,6)(H,7,8);/q-2;;/p-2. The van der Waals surface area contributed by atoms with Gasteiger partial charge in [0.05, 0.1) is 0 Å². The van der Waals surface area contributed by atoms with Crippen LogP contribution in [-0.4, -0.2) is 24.0 Å². The number of nitrogens with one attached hydrogen (secondary N) is 2. The number of carboxylic acid groups (broad SMARTS) is 2. The molecule has 0 aromatic heterocycles. The molecule has 2 unspecified atom stereocenters. The molecule has 0 heterocycles. The van der Waals surface area contributed by atoms with Crippen molar-refractivity contribution in [2.45, 2.75) is 44.7 Å². The zero-order valence-electron chi connectivity index (χ0n) is 9.51. The number of hydrogen-bond acceptors (Lipinski definition) is 4. The zero-order valence-corrected chi connectivity index (χ0v) is 11.8. The second-order valence-corrected chi connectivity index (χ2v) is 3.86. The summed E-state index contributed by atoms with van der Waals surface area (Å²) in [7, 11) is 0. The van der Waals surface area contributed by atoms with Gasteiger partial charge in [-0.05, 0) is 0 Å². The van der Waals surface area contributed by atoms with Crippen LogP contribution in [0.1, 0.15) is 32.6 Å². The fourth-order valence-corrected chi connectivity index (χ4v) is 1.23. The third kappa shape index (κ3) is 8.30. The quantitative estimate of drug-likeness (QED) is 0.556. The Labute approximate surface area is 115 Å². The number of aliphatic carboxylic acids is 2. The molecule has 17 heavy (non-hydrogen) atoms. The number of rotatable bonds is 2. The van der Waals surface area contributed by atoms with E-state index in [9.17, 15) is 19.8 Å². The Balaban J connectivity index is 0. The molecule has 0 aromatic carbocycles. The smallest absolute Gasteiger partial charge is 0.0498 e. The van der Waals surface area contributed by atoms with Crippen LogP contribution >= 0.6 is 0 Å². The van der Waals surface area contributed by atoms with E-state index in [4.69, 9.17) is 11.5 Å². The first-order valence-electron chi connectivity index (χ1n) is 5.20. The Hall–Kier alpha value is -0.452. The van der Waals surface area contributed by atoms with Crippen LogP contribution in [0, 0.1) is 5.92 Å². The van der Waals surface area contributed by atoms with Crippen molar-refractivity contribution in [1.29, 1.82) is 0 Å². The molecule has 7 heteroatoms. The summed E-state index contributed by atoms with van der Waals surface area (Å²) in [6, 6.07) is -0.160. The molecule has 6 nitrogen and oxygen atoms in total. The van der Waals surface area contributed by atoms with Crippen LogP contribution in [0.4, 0.5) is 0 Å². The number of hydrogen-bond donors (Lipinski definition) is 0. The first kappa shape index (κ1) is 18.9. The van der Waals surface area contributed by atoms with Crippen molar-refractivity contribution < 1.29 is 40.9 Å². The molecule has 1 rings (SSSR count). The number of carbonyl (C=O) groups is 2. The van der Waals surface area contributed by atoms with Gasteiger partial charge < -0.3 is 31.3 Å². The molecule has 104 valence electrons. The number of carboxylic acids is 2. The predicted molar refractivity (Wildman–Crippen MR) is 53.9 cm³/mol. The van der Waals surface area contributed by atoms with E-state index in [1.807, 2.05) is 0 Å². The van der Waals surface area contributed by atoms with Gasteiger partial charge >= 0.3 is 0 Å². The Kier molecular flexibility index (Phi) is 10.6. The maximum Gasteiger partial charge on any atom is 0.0498 e. The van der Waals surface area contributed by atoms with Gasteiger partial charge in [-0.15, -0.1) is 0 Å². The van der Waals surface area contributed by atoms with Gasteiger partial charge in [-0.3, -0.25) is 0 Å². The molecule has 0 bridgehead atoms. The van der Waals surface area contributed by atoms with E-state index in [1.54, 1.807) is 0 Å². The molecule has 2 N–H and O–H groups in total. The summed E-state index contributed by atoms with van der Waals surface area (Å²) in [4.78, 5) is 19.2. The first-order chi connectivity index (χ1) is 7.36. The normalized spacial score (nSPS) is 23.1. The summed E-state index contributed by atoms with van der Waals surface area (Å²) in [5, 5.41) is 19.2. The Bertz CT molecular complexity index is 226. The molecular formula is C10H16N2O4Pt-4. The summed E-state index contributed by atoms with van der Waals surface area (Å²) < 4.78 is 0. The minimum Gasteiger partial charge on any atom is -0.676 e. The second-order valence-electron chi connectivity index (χ2n) is 3.86. The predicted octanol–water partition coefficient (Wildman–Crippen LogP) is -0.478. The largest absolute Gasteiger partial charge is 0.676 e. The van der Waals surface area contributed by atoms with Crippen molar-refractivity contribution >= 4 is 11.9 Å². The molecule has 1 saturated carbocycles. The van der Waals surface area contributed by atoms with Gasteiger partial charge in [0.2, 0.25) is 0 Å². The maximum absolute atomic E-state index is 9.61. The fraction of sp³-hybridized carbons (Fsp3) is 0.800. The second kappa shape index (κ2) is 9.57. The monoisotopic (exact) mass is 423 g/mol. The topological polar surface area (TPSA) is 128 Å². The third-order valence-corrected chi connectivity index (χ3v) is 2.47. The van der Waals surface area contributed by atoms with E-state index in [0.717, 1.165) is 19.8 Å². The van der Waals surface area contributed by atoms with Crippen LogP contribution in [0.3, 0.4) is 0 Å². The van der Waals surface area contributed by atoms with Crippen LogP contribution in [-0.2, 0) is 30.7 Å². The average Bonchev–Trinajstić information content (AvgIpc) is 2.22. The molecular weight excluding hydrogens is 407 g/mol. The van der Waals surface area contributed by atoms with Crippen LogP contribution < -0.4 is 10.2 Å². The van der Waals surface area contributed by atoms with E-state index in [1.165, 1.54) is 12.8 Å². The minimum absolute atomic E-state index is 0. The van der Waals surface area contributed by atoms with Crippen molar-refractivity contribution in [2.24, 2.45) is 5.92 Å². The molecule has 0 radical (unpaired) electrons. The van der Waals surface area contributed by atoms with E-state index in [2.05, 4.69) is 0 Å². The van der Waals surface area contributed by atoms with Gasteiger partial charge in [0, 0.05) is 38.9 Å². The molecule has 2 atom stereocenters. The summed E-state index contributed by atoms with van der Waals surface area (Å²) in [6.45, 7) is 0.991. The van der Waals surface area contributed by atoms with Gasteiger partial charge in [0.25, 0.3) is 0 Å². The van der Waals surface area contributed by atoms with Gasteiger partial charge in [0.1, 0.15) is 0 Å². The van der Waals surface area contributed by atoms with Crippen LogP contribution in [0.2, 0.25) is 0 Å². The molecule has 1 aliphatic rings. The van der Waals surface area contributed by atoms with Crippen LogP contribution in [0.25, 0.3) is 11.5 Å². The van der Waals surface area contributed by atoms with E-state index < -0.39 is 17.9 Å². The van der Waals surface area contributed by atoms with Crippen LogP contribution in [0.5, 0.6) is 0 Å². The molecule has 1 fully saturated rings. The summed E-state index contributed by atoms with van der Waals surface area (Å²) in [5.74, 6) is -4.76. The summed E-state index contributed by atoms with van der Waals surface area (Å²) in [6.07, 6.45) is 4.25. The Morgan fingerprint density at radius 2 is 1.35 bits per heavy atom. The summed E-state index contributed by atoms with van der Waals surface area (Å²) >= 11 is 0. The molecule has 0 saturated heterocycles. The minimum atomic E-state index is -1.62. The third-order valence-electron chi connectivity index (χ3n) is 2.47. The number of carbonyl (C=O) groups excluding carboxylic acids is 2. The maximum atomic E-state index is 9.61. The van der Waals surface area contributed by atoms with Crippen molar-refractivity contribution in [1.82, 2.24) is 0 Å². The van der Waals surface area contributed by atoms with Crippen molar-refractivity contribution in [2.75, 3.05) is 0 Å². The van der Waals surface area contributed by atoms with Gasteiger partial charge in [-0.1, -0.05) is 32.6 Å². The van der Waals surface area contributed by atoms with Crippen molar-refractivity contribution in [3.05, 3.63) is 11.5 Å². The van der Waals surface area contributed by atoms with E-state index in [0.29, 0.717) is 0 Å². The molecule has 0 spiro atoms. The van der Waals surface area contributed by atoms with Gasteiger partial charge in [0.15, 0.2) is 0 Å². The fourth-order valence-electron chi connectivity index (χ4n) is 1.23. The van der Waals surface area contributed by atoms with Gasteiger partial charge in [-0.25, -0.2) is 0 Å². The van der Waals surface area contributed by atoms with Crippen LogP contribution in [0.15, 0.2) is 0 Å². The van der Waals surface area contributed by atoms with Crippen molar-refractivity contribution in [3.63, 3.8) is 0 Å². The molecule has 0 amide bonds. The first-order valence-corrected chi connectivity index (χ1v) is 5.20. The SMILES string of the molecule is CC(C(=O)[O-])C(=O)[O-].[NH-]C1CCCCC1[NH-].[Pt]. The van der Waals surface area contributed by atoms with Gasteiger partial charge in [-0.2, -0.15) is 12.1 Å². The molecule has 0 aliphatic heterocycles. The average molecular weight is 423 g/mol. The van der Waals surface area contributed by atoms with Crippen molar-refractivity contribution in [3.8, 4) is 0 Å². The zero-order chi connectivity index (χ0) is 12.7. The van der Waals surface area contributed by atoms with E-state index >= 15 is 0 Å². The Morgan fingerprint density at radius 3 is 1.47 bits per heavy atom.